The van der Waals surface area contributed by atoms with Crippen LogP contribution in [0.5, 0.6) is 0 Å². The summed E-state index contributed by atoms with van der Waals surface area (Å²) >= 11 is 0. The fourth-order valence-electron chi connectivity index (χ4n) is 3.45. The highest BCUT2D eigenvalue weighted by Crippen LogP contribution is 2.31. The summed E-state index contributed by atoms with van der Waals surface area (Å²) < 4.78 is 7.58. The number of pyridine rings is 1. The molecule has 2 aliphatic rings. The van der Waals surface area contributed by atoms with Crippen molar-refractivity contribution in [1.29, 1.82) is 0 Å². The first-order chi connectivity index (χ1) is 10.8. The molecule has 22 heavy (non-hydrogen) atoms. The van der Waals surface area contributed by atoms with Crippen LogP contribution >= 0.6 is 0 Å². The fraction of sp³-hybridized carbons (Fsp3) is 0.625. The van der Waals surface area contributed by atoms with Gasteiger partial charge in [-0.15, -0.1) is 0 Å². The molecule has 6 nitrogen and oxygen atoms in total. The lowest BCUT2D eigenvalue weighted by molar-refractivity contribution is 0.122. The number of ether oxygens (including phenoxy) is 1. The number of nitrogens with zero attached hydrogens (tertiary/aromatic N) is 4. The molecule has 1 N–H and O–H groups in total. The van der Waals surface area contributed by atoms with Crippen LogP contribution in [-0.4, -0.2) is 53.9 Å². The van der Waals surface area contributed by atoms with Crippen molar-refractivity contribution in [2.24, 2.45) is 7.05 Å². The van der Waals surface area contributed by atoms with Crippen molar-refractivity contribution in [2.75, 3.05) is 44.3 Å². The van der Waals surface area contributed by atoms with E-state index in [0.717, 1.165) is 50.7 Å². The van der Waals surface area contributed by atoms with Gasteiger partial charge in [-0.05, 0) is 32.0 Å². The molecule has 118 valence electrons. The second-order valence-electron chi connectivity index (χ2n) is 6.22. The average molecular weight is 301 g/mol. The van der Waals surface area contributed by atoms with Crippen molar-refractivity contribution >= 4 is 16.9 Å². The molecule has 0 saturated carbocycles. The predicted molar refractivity (Wildman–Crippen MR) is 86.4 cm³/mol. The van der Waals surface area contributed by atoms with Crippen LogP contribution in [0.3, 0.4) is 0 Å². The molecule has 4 heterocycles. The van der Waals surface area contributed by atoms with E-state index in [1.54, 1.807) is 0 Å². The van der Waals surface area contributed by atoms with Gasteiger partial charge in [0, 0.05) is 31.7 Å². The first-order valence-electron chi connectivity index (χ1n) is 8.18. The molecule has 0 atom stereocenters. The molecular weight excluding hydrogens is 278 g/mol. The normalized spacial score (nSPS) is 20.7. The standard InChI is InChI=1S/C16H23N5O/c1-20-11-18-15-14(20)10-13(12-2-4-17-5-3-12)19-16(15)21-6-8-22-9-7-21/h10-12,17H,2-9H2,1H3. The van der Waals surface area contributed by atoms with Gasteiger partial charge < -0.3 is 19.5 Å². The molecule has 2 saturated heterocycles. The van der Waals surface area contributed by atoms with Crippen molar-refractivity contribution in [1.82, 2.24) is 19.9 Å². The van der Waals surface area contributed by atoms with Crippen LogP contribution in [0, 0.1) is 0 Å². The highest BCUT2D eigenvalue weighted by atomic mass is 16.5. The van der Waals surface area contributed by atoms with E-state index in [2.05, 4.69) is 32.9 Å². The van der Waals surface area contributed by atoms with Crippen molar-refractivity contribution in [3.63, 3.8) is 0 Å². The zero-order chi connectivity index (χ0) is 14.9. The summed E-state index contributed by atoms with van der Waals surface area (Å²) in [5, 5.41) is 3.43. The monoisotopic (exact) mass is 301 g/mol. The van der Waals surface area contributed by atoms with Gasteiger partial charge in [-0.3, -0.25) is 0 Å². The zero-order valence-corrected chi connectivity index (χ0v) is 13.1. The first kappa shape index (κ1) is 14.0. The molecule has 0 aromatic carbocycles. The van der Waals surface area contributed by atoms with E-state index >= 15 is 0 Å². The van der Waals surface area contributed by atoms with Gasteiger partial charge in [0.15, 0.2) is 5.82 Å². The third-order valence-electron chi connectivity index (χ3n) is 4.78. The van der Waals surface area contributed by atoms with Crippen LogP contribution < -0.4 is 10.2 Å². The number of morpholine rings is 1. The smallest absolute Gasteiger partial charge is 0.157 e. The molecule has 2 aromatic heterocycles. The van der Waals surface area contributed by atoms with Crippen LogP contribution in [0.25, 0.3) is 11.0 Å². The summed E-state index contributed by atoms with van der Waals surface area (Å²) in [4.78, 5) is 11.9. The number of hydrogen-bond acceptors (Lipinski definition) is 5. The highest BCUT2D eigenvalue weighted by Gasteiger charge is 2.23. The lowest BCUT2D eigenvalue weighted by Crippen LogP contribution is -2.37. The third-order valence-corrected chi connectivity index (χ3v) is 4.78. The van der Waals surface area contributed by atoms with Crippen LogP contribution in [-0.2, 0) is 11.8 Å². The van der Waals surface area contributed by atoms with Gasteiger partial charge in [-0.1, -0.05) is 0 Å². The first-order valence-corrected chi connectivity index (χ1v) is 8.18. The van der Waals surface area contributed by atoms with Gasteiger partial charge >= 0.3 is 0 Å². The van der Waals surface area contributed by atoms with Gasteiger partial charge in [0.25, 0.3) is 0 Å². The molecule has 0 bridgehead atoms. The molecule has 0 aliphatic carbocycles. The summed E-state index contributed by atoms with van der Waals surface area (Å²) in [5.41, 5.74) is 3.42. The summed E-state index contributed by atoms with van der Waals surface area (Å²) in [6.45, 7) is 5.51. The maximum absolute atomic E-state index is 5.48. The molecule has 2 fully saturated rings. The maximum atomic E-state index is 5.48. The molecule has 0 spiro atoms. The van der Waals surface area contributed by atoms with E-state index in [1.165, 1.54) is 24.1 Å². The van der Waals surface area contributed by atoms with E-state index in [-0.39, 0.29) is 0 Å². The van der Waals surface area contributed by atoms with Gasteiger partial charge in [0.1, 0.15) is 5.52 Å². The second kappa shape index (κ2) is 5.85. The Balaban J connectivity index is 1.78. The minimum absolute atomic E-state index is 0.556. The summed E-state index contributed by atoms with van der Waals surface area (Å²) in [6.07, 6.45) is 4.22. The topological polar surface area (TPSA) is 55.2 Å². The molecule has 0 amide bonds. The third kappa shape index (κ3) is 2.46. The van der Waals surface area contributed by atoms with Crippen molar-refractivity contribution in [3.05, 3.63) is 18.1 Å². The van der Waals surface area contributed by atoms with Crippen LogP contribution in [0.1, 0.15) is 24.5 Å². The van der Waals surface area contributed by atoms with Crippen molar-refractivity contribution in [2.45, 2.75) is 18.8 Å². The number of fused-ring (bicyclic) bond motifs is 1. The Bertz CT molecular complexity index is 656. The summed E-state index contributed by atoms with van der Waals surface area (Å²) in [7, 11) is 2.06. The number of nitrogens with one attached hydrogen (secondary N) is 1. The molecule has 6 heteroatoms. The van der Waals surface area contributed by atoms with Crippen LogP contribution in [0.15, 0.2) is 12.4 Å². The van der Waals surface area contributed by atoms with E-state index < -0.39 is 0 Å². The molecule has 2 aliphatic heterocycles. The molecule has 0 unspecified atom stereocenters. The SMILES string of the molecule is Cn1cnc2c(N3CCOCC3)nc(C3CCNCC3)cc21. The Morgan fingerprint density at radius 3 is 2.77 bits per heavy atom. The van der Waals surface area contributed by atoms with Crippen molar-refractivity contribution < 1.29 is 4.74 Å². The van der Waals surface area contributed by atoms with Gasteiger partial charge in [0.05, 0.1) is 25.1 Å². The van der Waals surface area contributed by atoms with Gasteiger partial charge in [-0.25, -0.2) is 9.97 Å². The minimum atomic E-state index is 0.556. The lowest BCUT2D eigenvalue weighted by Gasteiger charge is -2.29. The predicted octanol–water partition coefficient (Wildman–Crippen LogP) is 1.27. The quantitative estimate of drug-likeness (QED) is 0.905. The van der Waals surface area contributed by atoms with E-state index in [4.69, 9.17) is 9.72 Å². The van der Waals surface area contributed by atoms with E-state index in [9.17, 15) is 0 Å². The number of piperidine rings is 1. The largest absolute Gasteiger partial charge is 0.378 e. The van der Waals surface area contributed by atoms with Gasteiger partial charge in [-0.2, -0.15) is 0 Å². The summed E-state index contributed by atoms with van der Waals surface area (Å²) in [6, 6.07) is 2.24. The number of rotatable bonds is 2. The number of anilines is 1. The summed E-state index contributed by atoms with van der Waals surface area (Å²) in [5.74, 6) is 1.59. The average Bonchev–Trinajstić information content (AvgIpc) is 2.97. The number of aryl methyl sites for hydroxylation is 1. The number of imidazole rings is 1. The van der Waals surface area contributed by atoms with Crippen molar-refractivity contribution in [3.8, 4) is 0 Å². The zero-order valence-electron chi connectivity index (χ0n) is 13.1. The number of aromatic nitrogens is 3. The Hall–Kier alpha value is -1.66. The molecule has 4 rings (SSSR count). The van der Waals surface area contributed by atoms with E-state index in [1.807, 2.05) is 6.33 Å². The fourth-order valence-corrected chi connectivity index (χ4v) is 3.45. The number of hydrogen-bond donors (Lipinski definition) is 1. The van der Waals surface area contributed by atoms with Crippen LogP contribution in [0.2, 0.25) is 0 Å². The Kier molecular flexibility index (Phi) is 3.72. The Labute approximate surface area is 130 Å². The second-order valence-corrected chi connectivity index (χ2v) is 6.22. The van der Waals surface area contributed by atoms with E-state index in [0.29, 0.717) is 5.92 Å². The Morgan fingerprint density at radius 2 is 2.00 bits per heavy atom. The molecule has 0 radical (unpaired) electrons. The minimum Gasteiger partial charge on any atom is -0.378 e. The highest BCUT2D eigenvalue weighted by molar-refractivity contribution is 5.87. The maximum Gasteiger partial charge on any atom is 0.157 e. The van der Waals surface area contributed by atoms with Gasteiger partial charge in [0.2, 0.25) is 0 Å². The molecule has 2 aromatic rings. The van der Waals surface area contributed by atoms with Crippen LogP contribution in [0.4, 0.5) is 5.82 Å². The molecular formula is C16H23N5O. The Morgan fingerprint density at radius 1 is 1.23 bits per heavy atom. The lowest BCUT2D eigenvalue weighted by atomic mass is 9.94.